The predicted octanol–water partition coefficient (Wildman–Crippen LogP) is 4.62. The van der Waals surface area contributed by atoms with Gasteiger partial charge in [-0.05, 0) is 60.6 Å². The van der Waals surface area contributed by atoms with Crippen LogP contribution in [0.2, 0.25) is 0 Å². The number of aromatic carboxylic acids is 1. The molecule has 0 aliphatic rings. The van der Waals surface area contributed by atoms with E-state index in [0.29, 0.717) is 0 Å². The molecule has 0 heterocycles. The third-order valence-corrected chi connectivity index (χ3v) is 3.81. The number of aryl methyl sites for hydroxylation is 1. The van der Waals surface area contributed by atoms with Gasteiger partial charge in [0.2, 0.25) is 0 Å². The number of carboxylic acids is 1. The van der Waals surface area contributed by atoms with E-state index in [0.717, 1.165) is 5.56 Å². The summed E-state index contributed by atoms with van der Waals surface area (Å²) in [6.07, 6.45) is -6.39. The van der Waals surface area contributed by atoms with Crippen molar-refractivity contribution in [1.29, 1.82) is 0 Å². The first-order valence-corrected chi connectivity index (χ1v) is 8.64. The minimum atomic E-state index is -2.99. The quantitative estimate of drug-likeness (QED) is 0.489. The van der Waals surface area contributed by atoms with Crippen molar-refractivity contribution in [3.05, 3.63) is 94.9 Å². The van der Waals surface area contributed by atoms with Gasteiger partial charge in [-0.15, -0.1) is 0 Å². The third kappa shape index (κ3) is 6.01. The fourth-order valence-corrected chi connectivity index (χ4v) is 2.42. The Kier molecular flexibility index (Phi) is 3.35. The highest BCUT2D eigenvalue weighted by molar-refractivity contribution is 5.89. The molecule has 3 aromatic rings. The summed E-state index contributed by atoms with van der Waals surface area (Å²) < 4.78 is 108. The molecule has 1 atom stereocenters. The summed E-state index contributed by atoms with van der Waals surface area (Å²) in [5.41, 5.74) is -2.19. The largest absolute Gasteiger partial charge is 0.478 e. The Morgan fingerprint density at radius 2 is 1.97 bits per heavy atom. The van der Waals surface area contributed by atoms with Crippen LogP contribution in [0.25, 0.3) is 11.1 Å². The average Bonchev–Trinajstić information content (AvgIpc) is 2.89. The number of carbonyl (C=O) groups is 1. The predicted molar refractivity (Wildman–Crippen MR) is 116 cm³/mol. The molecule has 0 bridgehead atoms. The number of hydrogen-bond acceptors (Lipinski definition) is 3. The highest BCUT2D eigenvalue weighted by Gasteiger charge is 2.07. The number of nitrogens with one attached hydrogen (secondary N) is 1. The Labute approximate surface area is 190 Å². The number of benzene rings is 3. The lowest BCUT2D eigenvalue weighted by Crippen LogP contribution is -2.22. The second kappa shape index (κ2) is 10.0. The van der Waals surface area contributed by atoms with Crippen LogP contribution in [0.1, 0.15) is 57.3 Å². The molecule has 0 unspecified atom stereocenters. The van der Waals surface area contributed by atoms with Gasteiger partial charge in [0, 0.05) is 12.0 Å². The van der Waals surface area contributed by atoms with Crippen LogP contribution >= 0.6 is 0 Å². The van der Waals surface area contributed by atoms with Gasteiger partial charge < -0.3 is 15.5 Å². The lowest BCUT2D eigenvalue weighted by Gasteiger charge is -2.13. The van der Waals surface area contributed by atoms with Crippen molar-refractivity contribution in [1.82, 2.24) is 5.32 Å². The normalized spacial score (nSPS) is 20.4. The standard InChI is InChI=1S/C25H27NO3/c1-18-6-2-11-22(14-18)24(27)17-26-13-5-8-19-7-3-9-20(15-19)21-10-4-12-23(16-21)25(28)29/h2-4,6-7,9-12,14-16,24,26-27H,5,8,13,17H2,1H3,(H,28,29)/t24-/m0/s1/i3D,4D,5D2,7D,9D,10D,12D,13D2,15D,16D,24D. The first-order chi connectivity index (χ1) is 19.2. The van der Waals surface area contributed by atoms with E-state index in [2.05, 4.69) is 5.32 Å². The summed E-state index contributed by atoms with van der Waals surface area (Å²) in [6.45, 7) is -2.04. The van der Waals surface area contributed by atoms with E-state index in [1.807, 2.05) is 0 Å². The molecular formula is C25H27NO3. The third-order valence-electron chi connectivity index (χ3n) is 3.81. The van der Waals surface area contributed by atoms with Gasteiger partial charge in [-0.1, -0.05) is 66.1 Å². The smallest absolute Gasteiger partial charge is 0.335 e. The van der Waals surface area contributed by atoms with Crippen LogP contribution in [0.4, 0.5) is 0 Å². The van der Waals surface area contributed by atoms with Gasteiger partial charge in [-0.25, -0.2) is 4.79 Å². The summed E-state index contributed by atoms with van der Waals surface area (Å²) in [4.78, 5) is 11.7. The lowest BCUT2D eigenvalue weighted by atomic mass is 9.99. The number of hydrogen-bond donors (Lipinski definition) is 3. The van der Waals surface area contributed by atoms with E-state index < -0.39 is 108 Å². The molecule has 0 aliphatic carbocycles. The molecule has 0 radical (unpaired) electrons. The van der Waals surface area contributed by atoms with Crippen molar-refractivity contribution in [3.63, 3.8) is 0 Å². The van der Waals surface area contributed by atoms with Crippen molar-refractivity contribution in [2.75, 3.05) is 13.0 Å². The van der Waals surface area contributed by atoms with E-state index in [1.165, 1.54) is 12.1 Å². The van der Waals surface area contributed by atoms with Gasteiger partial charge in [0.15, 0.2) is 0 Å². The van der Waals surface area contributed by atoms with Crippen LogP contribution in [-0.2, 0) is 6.42 Å². The molecule has 0 aromatic heterocycles. The Morgan fingerprint density at radius 3 is 2.72 bits per heavy atom. The summed E-state index contributed by atoms with van der Waals surface area (Å²) >= 11 is 0. The lowest BCUT2D eigenvalue weighted by molar-refractivity contribution is 0.0697. The minimum absolute atomic E-state index is 0.119. The van der Waals surface area contributed by atoms with Crippen molar-refractivity contribution in [2.45, 2.75) is 25.8 Å². The first kappa shape index (κ1) is 9.70. The van der Waals surface area contributed by atoms with Gasteiger partial charge >= 0.3 is 5.97 Å². The monoisotopic (exact) mass is 402 g/mol. The van der Waals surface area contributed by atoms with E-state index >= 15 is 0 Å². The van der Waals surface area contributed by atoms with E-state index in [9.17, 15) is 15.0 Å². The van der Waals surface area contributed by atoms with Crippen molar-refractivity contribution < 1.29 is 32.8 Å². The molecule has 150 valence electrons. The summed E-state index contributed by atoms with van der Waals surface area (Å²) in [5.74, 6) is -1.78. The maximum Gasteiger partial charge on any atom is 0.335 e. The molecule has 0 saturated heterocycles. The van der Waals surface area contributed by atoms with Crippen LogP contribution in [0.15, 0.2) is 72.6 Å². The number of rotatable bonds is 9. The fourth-order valence-electron chi connectivity index (χ4n) is 2.42. The maximum atomic E-state index is 11.7. The molecule has 0 amide bonds. The zero-order chi connectivity index (χ0) is 32.1. The van der Waals surface area contributed by atoms with Crippen LogP contribution < -0.4 is 5.32 Å². The second-order valence-electron chi connectivity index (χ2n) is 6.06. The van der Waals surface area contributed by atoms with Gasteiger partial charge in [-0.2, -0.15) is 0 Å². The topological polar surface area (TPSA) is 69.6 Å². The first-order valence-electron chi connectivity index (χ1n) is 15.1. The van der Waals surface area contributed by atoms with Crippen LogP contribution in [0, 0.1) is 6.92 Å². The van der Waals surface area contributed by atoms with Gasteiger partial charge in [0.25, 0.3) is 0 Å². The number of carboxylic acid groups (broad SMARTS) is 1. The van der Waals surface area contributed by atoms with Gasteiger partial charge in [0.1, 0.15) is 0 Å². The molecule has 0 fully saturated rings. The fraction of sp³-hybridized carbons (Fsp3) is 0.240. The molecule has 4 heteroatoms. The Hall–Kier alpha value is -2.95. The SMILES string of the molecule is [2H]c1c([2H])c(CC([2H])([2H])C([2H])([2H])NC[C@]([2H])(O)c2cccc(C)c2)c([2H])c(-c2c([2H])c([2H])c([2H])c(C(=O)O)c2[2H])c1[2H]. The summed E-state index contributed by atoms with van der Waals surface area (Å²) in [7, 11) is 0. The highest BCUT2D eigenvalue weighted by Crippen LogP contribution is 2.22. The van der Waals surface area contributed by atoms with Crippen LogP contribution in [0.5, 0.6) is 0 Å². The molecule has 29 heavy (non-hydrogen) atoms. The van der Waals surface area contributed by atoms with Crippen molar-refractivity contribution in [2.24, 2.45) is 0 Å². The average molecular weight is 403 g/mol. The van der Waals surface area contributed by atoms with E-state index in [-0.39, 0.29) is 5.56 Å². The van der Waals surface area contributed by atoms with Gasteiger partial charge in [-0.3, -0.25) is 0 Å². The molecule has 3 N–H and O–H groups in total. The Morgan fingerprint density at radius 1 is 1.21 bits per heavy atom. The molecule has 3 aromatic carbocycles. The Bertz CT molecular complexity index is 1570. The van der Waals surface area contributed by atoms with Crippen molar-refractivity contribution in [3.8, 4) is 11.1 Å². The molecule has 0 saturated carbocycles. The van der Waals surface area contributed by atoms with E-state index in [4.69, 9.17) is 17.8 Å². The zero-order valence-electron chi connectivity index (χ0n) is 28.5. The summed E-state index contributed by atoms with van der Waals surface area (Å²) in [6, 6.07) is -0.901. The van der Waals surface area contributed by atoms with Crippen molar-refractivity contribution >= 4 is 5.97 Å². The second-order valence-corrected chi connectivity index (χ2v) is 6.06. The van der Waals surface area contributed by atoms with Crippen LogP contribution in [0.3, 0.4) is 0 Å². The maximum absolute atomic E-state index is 11.7. The molecule has 4 nitrogen and oxygen atoms in total. The number of aliphatic hydroxyl groups is 1. The van der Waals surface area contributed by atoms with Crippen LogP contribution in [-0.4, -0.2) is 29.2 Å². The highest BCUT2D eigenvalue weighted by atomic mass is 16.4. The molecule has 3 rings (SSSR count). The minimum Gasteiger partial charge on any atom is -0.478 e. The molecular weight excluding hydrogens is 362 g/mol. The molecule has 0 spiro atoms. The molecule has 0 aliphatic heterocycles. The summed E-state index contributed by atoms with van der Waals surface area (Å²) in [5, 5.41) is 22.3. The van der Waals surface area contributed by atoms with E-state index in [1.54, 1.807) is 19.1 Å². The Balaban J connectivity index is 2.11. The zero-order valence-corrected chi connectivity index (χ0v) is 15.5. The van der Waals surface area contributed by atoms with Gasteiger partial charge in [0.05, 0.1) is 24.0 Å².